The van der Waals surface area contributed by atoms with E-state index in [1.165, 1.54) is 0 Å². The van der Waals surface area contributed by atoms with Gasteiger partial charge in [0.05, 0.1) is 12.2 Å². The van der Waals surface area contributed by atoms with Crippen LogP contribution in [0.25, 0.3) is 0 Å². The van der Waals surface area contributed by atoms with Gasteiger partial charge in [-0.05, 0) is 35.7 Å². The van der Waals surface area contributed by atoms with E-state index in [0.29, 0.717) is 6.42 Å². The van der Waals surface area contributed by atoms with Gasteiger partial charge in [0.1, 0.15) is 0 Å². The predicted molar refractivity (Wildman–Crippen MR) is 66.7 cm³/mol. The molecule has 0 fully saturated rings. The van der Waals surface area contributed by atoms with Crippen LogP contribution in [-0.2, 0) is 21.2 Å². The summed E-state index contributed by atoms with van der Waals surface area (Å²) in [5.41, 5.74) is 1.07. The summed E-state index contributed by atoms with van der Waals surface area (Å²) in [6.45, 7) is 1.76. The molecular formula is C10H15NO4S2. The highest BCUT2D eigenvalue weighted by molar-refractivity contribution is 7.89. The molecule has 0 aliphatic carbocycles. The number of nitrogens with one attached hydrogen (secondary N) is 1. The molecule has 96 valence electrons. The van der Waals surface area contributed by atoms with Gasteiger partial charge in [0.15, 0.2) is 0 Å². The molecule has 0 bridgehead atoms. The van der Waals surface area contributed by atoms with Crippen LogP contribution < -0.4 is 4.72 Å². The van der Waals surface area contributed by atoms with E-state index in [2.05, 4.69) is 4.72 Å². The molecule has 1 aromatic heterocycles. The van der Waals surface area contributed by atoms with Gasteiger partial charge < -0.3 is 5.11 Å². The second-order valence-electron chi connectivity index (χ2n) is 3.82. The van der Waals surface area contributed by atoms with Crippen LogP contribution in [-0.4, -0.2) is 31.3 Å². The summed E-state index contributed by atoms with van der Waals surface area (Å²) < 4.78 is 25.5. The van der Waals surface area contributed by atoms with Gasteiger partial charge in [-0.25, -0.2) is 13.1 Å². The summed E-state index contributed by atoms with van der Waals surface area (Å²) in [5, 5.41) is 12.3. The summed E-state index contributed by atoms with van der Waals surface area (Å²) in [4.78, 5) is 10.3. The second kappa shape index (κ2) is 6.13. The minimum atomic E-state index is -3.51. The monoisotopic (exact) mass is 277 g/mol. The summed E-state index contributed by atoms with van der Waals surface area (Å²) in [6, 6.07) is 1.70. The van der Waals surface area contributed by atoms with E-state index < -0.39 is 16.0 Å². The molecule has 0 amide bonds. The summed E-state index contributed by atoms with van der Waals surface area (Å²) in [7, 11) is -3.51. The Morgan fingerprint density at radius 3 is 2.82 bits per heavy atom. The molecule has 1 unspecified atom stereocenters. The zero-order valence-corrected chi connectivity index (χ0v) is 11.1. The van der Waals surface area contributed by atoms with Crippen molar-refractivity contribution < 1.29 is 18.3 Å². The van der Waals surface area contributed by atoms with Gasteiger partial charge in [0.2, 0.25) is 10.0 Å². The van der Waals surface area contributed by atoms with Crippen molar-refractivity contribution in [2.45, 2.75) is 25.8 Å². The number of sulfonamides is 1. The zero-order valence-electron chi connectivity index (χ0n) is 9.42. The van der Waals surface area contributed by atoms with Crippen molar-refractivity contribution in [1.82, 2.24) is 4.72 Å². The van der Waals surface area contributed by atoms with Crippen molar-refractivity contribution in [2.24, 2.45) is 0 Å². The minimum absolute atomic E-state index is 0.233. The number of carboxylic acid groups (broad SMARTS) is 1. The molecule has 0 saturated carbocycles. The molecule has 0 aliphatic heterocycles. The van der Waals surface area contributed by atoms with Gasteiger partial charge in [-0.3, -0.25) is 4.79 Å². The van der Waals surface area contributed by atoms with Gasteiger partial charge in [0, 0.05) is 6.04 Å². The normalized spacial score (nSPS) is 13.5. The average Bonchev–Trinajstić information content (AvgIpc) is 2.66. The summed E-state index contributed by atoms with van der Waals surface area (Å²) >= 11 is 1.56. The molecule has 1 aromatic rings. The van der Waals surface area contributed by atoms with E-state index in [0.717, 1.165) is 5.56 Å². The first-order valence-corrected chi connectivity index (χ1v) is 7.71. The first-order chi connectivity index (χ1) is 7.89. The third kappa shape index (κ3) is 5.81. The van der Waals surface area contributed by atoms with Crippen LogP contribution in [0.4, 0.5) is 0 Å². The average molecular weight is 277 g/mol. The van der Waals surface area contributed by atoms with Crippen molar-refractivity contribution in [3.63, 3.8) is 0 Å². The maximum atomic E-state index is 11.5. The maximum absolute atomic E-state index is 11.5. The Bertz CT molecular complexity index is 453. The fourth-order valence-electron chi connectivity index (χ4n) is 1.39. The minimum Gasteiger partial charge on any atom is -0.481 e. The van der Waals surface area contributed by atoms with E-state index in [1.54, 1.807) is 18.3 Å². The van der Waals surface area contributed by atoms with Gasteiger partial charge in [-0.2, -0.15) is 11.3 Å². The highest BCUT2D eigenvalue weighted by atomic mass is 32.2. The third-order valence-electron chi connectivity index (χ3n) is 2.09. The van der Waals surface area contributed by atoms with Crippen LogP contribution >= 0.6 is 11.3 Å². The number of rotatable bonds is 7. The lowest BCUT2D eigenvalue weighted by Crippen LogP contribution is -2.36. The molecule has 1 rings (SSSR count). The maximum Gasteiger partial charge on any atom is 0.304 e. The molecule has 17 heavy (non-hydrogen) atoms. The quantitative estimate of drug-likeness (QED) is 0.781. The Labute approximate surface area is 105 Å². The number of carbonyl (C=O) groups is 1. The number of hydrogen-bond acceptors (Lipinski definition) is 4. The molecule has 5 nitrogen and oxygen atoms in total. The second-order valence-corrected chi connectivity index (χ2v) is 6.47. The largest absolute Gasteiger partial charge is 0.481 e. The van der Waals surface area contributed by atoms with Crippen LogP contribution in [0.5, 0.6) is 0 Å². The van der Waals surface area contributed by atoms with Crippen molar-refractivity contribution in [3.05, 3.63) is 22.4 Å². The van der Waals surface area contributed by atoms with Crippen LogP contribution in [0.15, 0.2) is 16.8 Å². The van der Waals surface area contributed by atoms with E-state index in [-0.39, 0.29) is 18.2 Å². The SMILES string of the molecule is CC(Cc1ccsc1)NS(=O)(=O)CCC(=O)O. The smallest absolute Gasteiger partial charge is 0.304 e. The van der Waals surface area contributed by atoms with Crippen LogP contribution in [0.1, 0.15) is 18.9 Å². The molecule has 0 saturated heterocycles. The number of hydrogen-bond donors (Lipinski definition) is 2. The molecule has 0 aromatic carbocycles. The third-order valence-corrected chi connectivity index (χ3v) is 4.32. The van der Waals surface area contributed by atoms with Crippen molar-refractivity contribution in [3.8, 4) is 0 Å². The fraction of sp³-hybridized carbons (Fsp3) is 0.500. The van der Waals surface area contributed by atoms with Crippen LogP contribution in [0.2, 0.25) is 0 Å². The standard InChI is InChI=1S/C10H15NO4S2/c1-8(6-9-2-4-16-7-9)11-17(14,15)5-3-10(12)13/h2,4,7-8,11H,3,5-6H2,1H3,(H,12,13). The molecule has 0 spiro atoms. The van der Waals surface area contributed by atoms with E-state index in [9.17, 15) is 13.2 Å². The zero-order chi connectivity index (χ0) is 12.9. The van der Waals surface area contributed by atoms with E-state index >= 15 is 0 Å². The molecule has 1 heterocycles. The van der Waals surface area contributed by atoms with Gasteiger partial charge in [-0.15, -0.1) is 0 Å². The lowest BCUT2D eigenvalue weighted by atomic mass is 10.1. The first-order valence-electron chi connectivity index (χ1n) is 5.12. The number of carboxylic acids is 1. The number of aliphatic carboxylic acids is 1. The molecule has 0 radical (unpaired) electrons. The molecule has 1 atom stereocenters. The lowest BCUT2D eigenvalue weighted by molar-refractivity contribution is -0.136. The highest BCUT2D eigenvalue weighted by Crippen LogP contribution is 2.09. The lowest BCUT2D eigenvalue weighted by Gasteiger charge is -2.12. The highest BCUT2D eigenvalue weighted by Gasteiger charge is 2.16. The molecule has 0 aliphatic rings. The number of thiophene rings is 1. The summed E-state index contributed by atoms with van der Waals surface area (Å²) in [5.74, 6) is -1.49. The van der Waals surface area contributed by atoms with Crippen LogP contribution in [0.3, 0.4) is 0 Å². The topological polar surface area (TPSA) is 83.5 Å². The molecule has 2 N–H and O–H groups in total. The van der Waals surface area contributed by atoms with Gasteiger partial charge in [0.25, 0.3) is 0 Å². The Hall–Kier alpha value is -0.920. The van der Waals surface area contributed by atoms with E-state index in [4.69, 9.17) is 5.11 Å². The van der Waals surface area contributed by atoms with E-state index in [1.807, 2.05) is 16.8 Å². The Kier molecular flexibility index (Phi) is 5.10. The van der Waals surface area contributed by atoms with Crippen molar-refractivity contribution in [1.29, 1.82) is 0 Å². The first kappa shape index (κ1) is 14.1. The Morgan fingerprint density at radius 2 is 2.29 bits per heavy atom. The Morgan fingerprint density at radius 1 is 1.59 bits per heavy atom. The summed E-state index contributed by atoms with van der Waals surface area (Å²) in [6.07, 6.45) is 0.232. The van der Waals surface area contributed by atoms with Crippen LogP contribution in [0, 0.1) is 0 Å². The molecular weight excluding hydrogens is 262 g/mol. The molecule has 7 heteroatoms. The Balaban J connectivity index is 2.44. The van der Waals surface area contributed by atoms with Gasteiger partial charge >= 0.3 is 5.97 Å². The van der Waals surface area contributed by atoms with Gasteiger partial charge in [-0.1, -0.05) is 0 Å². The van der Waals surface area contributed by atoms with Crippen molar-refractivity contribution >= 4 is 27.3 Å². The predicted octanol–water partition coefficient (Wildman–Crippen LogP) is 1.07. The fourth-order valence-corrected chi connectivity index (χ4v) is 3.33. The van der Waals surface area contributed by atoms with Crippen molar-refractivity contribution in [2.75, 3.05) is 5.75 Å².